The number of carbonyl (C=O) groups is 1. The van der Waals surface area contributed by atoms with E-state index in [2.05, 4.69) is 5.32 Å². The summed E-state index contributed by atoms with van der Waals surface area (Å²) in [5.74, 6) is -1.05. The molecule has 15 heavy (non-hydrogen) atoms. The Kier molecular flexibility index (Phi) is 3.56. The Morgan fingerprint density at radius 2 is 2.20 bits per heavy atom. The van der Waals surface area contributed by atoms with Gasteiger partial charge in [-0.25, -0.2) is 0 Å². The van der Waals surface area contributed by atoms with E-state index >= 15 is 0 Å². The first-order valence-corrected chi connectivity index (χ1v) is 4.67. The van der Waals surface area contributed by atoms with Crippen LogP contribution in [0.3, 0.4) is 0 Å². The van der Waals surface area contributed by atoms with Gasteiger partial charge in [-0.3, -0.25) is 4.79 Å². The van der Waals surface area contributed by atoms with E-state index in [0.717, 1.165) is 4.90 Å². The molecule has 2 unspecified atom stereocenters. The van der Waals surface area contributed by atoms with Gasteiger partial charge in [-0.2, -0.15) is 13.2 Å². The first kappa shape index (κ1) is 12.3. The summed E-state index contributed by atoms with van der Waals surface area (Å²) in [5, 5.41) is 3.03. The Labute approximate surface area is 85.6 Å². The number of amides is 1. The van der Waals surface area contributed by atoms with Gasteiger partial charge in [0.05, 0.1) is 0 Å². The standard InChI is InChI=1S/C8H14F3N3O/c1-5-4-14(3-2-13-5)7(15)6(12)8(9,10)11/h5-6,13H,2-4,12H2,1H3. The maximum atomic E-state index is 12.2. The molecule has 2 atom stereocenters. The molecule has 7 heteroatoms. The second kappa shape index (κ2) is 4.36. The van der Waals surface area contributed by atoms with Gasteiger partial charge in [-0.1, -0.05) is 0 Å². The zero-order valence-corrected chi connectivity index (χ0v) is 8.34. The molecule has 0 radical (unpaired) electrons. The van der Waals surface area contributed by atoms with Crippen LogP contribution in [0.25, 0.3) is 0 Å². The molecule has 0 spiro atoms. The Hall–Kier alpha value is -0.820. The van der Waals surface area contributed by atoms with E-state index in [1.54, 1.807) is 6.92 Å². The van der Waals surface area contributed by atoms with E-state index in [1.165, 1.54) is 0 Å². The van der Waals surface area contributed by atoms with Crippen LogP contribution in [0.5, 0.6) is 0 Å². The Morgan fingerprint density at radius 1 is 1.60 bits per heavy atom. The molecular weight excluding hydrogens is 211 g/mol. The van der Waals surface area contributed by atoms with Crippen molar-refractivity contribution in [2.75, 3.05) is 19.6 Å². The number of hydrogen-bond donors (Lipinski definition) is 2. The van der Waals surface area contributed by atoms with Crippen molar-refractivity contribution < 1.29 is 18.0 Å². The molecule has 0 bridgehead atoms. The molecule has 1 aliphatic rings. The summed E-state index contributed by atoms with van der Waals surface area (Å²) in [6.45, 7) is 2.84. The lowest BCUT2D eigenvalue weighted by Gasteiger charge is -2.33. The van der Waals surface area contributed by atoms with Gasteiger partial charge in [0.25, 0.3) is 0 Å². The third-order valence-corrected chi connectivity index (χ3v) is 2.30. The molecule has 1 saturated heterocycles. The summed E-state index contributed by atoms with van der Waals surface area (Å²) >= 11 is 0. The Bertz CT molecular complexity index is 244. The van der Waals surface area contributed by atoms with Crippen LogP contribution in [0.15, 0.2) is 0 Å². The van der Waals surface area contributed by atoms with Gasteiger partial charge in [-0.05, 0) is 6.92 Å². The van der Waals surface area contributed by atoms with Crippen LogP contribution in [0.4, 0.5) is 13.2 Å². The highest BCUT2D eigenvalue weighted by atomic mass is 19.4. The molecule has 1 aliphatic heterocycles. The molecule has 1 amide bonds. The number of halogens is 3. The largest absolute Gasteiger partial charge is 0.412 e. The molecule has 1 fully saturated rings. The molecule has 3 N–H and O–H groups in total. The minimum atomic E-state index is -4.66. The first-order chi connectivity index (χ1) is 6.82. The minimum Gasteiger partial charge on any atom is -0.338 e. The topological polar surface area (TPSA) is 58.4 Å². The molecule has 0 aromatic carbocycles. The average molecular weight is 225 g/mol. The van der Waals surface area contributed by atoms with Gasteiger partial charge in [0.1, 0.15) is 0 Å². The fourth-order valence-electron chi connectivity index (χ4n) is 1.47. The zero-order chi connectivity index (χ0) is 11.6. The zero-order valence-electron chi connectivity index (χ0n) is 8.34. The third kappa shape index (κ3) is 3.07. The van der Waals surface area contributed by atoms with E-state index in [-0.39, 0.29) is 19.1 Å². The number of rotatable bonds is 1. The predicted molar refractivity (Wildman–Crippen MR) is 48.1 cm³/mol. The number of nitrogens with two attached hydrogens (primary N) is 1. The quantitative estimate of drug-likeness (QED) is 0.644. The van der Waals surface area contributed by atoms with Crippen molar-refractivity contribution in [3.63, 3.8) is 0 Å². The molecule has 0 aliphatic carbocycles. The number of alkyl halides is 3. The van der Waals surface area contributed by atoms with E-state index in [4.69, 9.17) is 5.73 Å². The maximum absolute atomic E-state index is 12.2. The molecule has 0 saturated carbocycles. The van der Waals surface area contributed by atoms with Crippen LogP contribution in [-0.4, -0.2) is 48.7 Å². The molecule has 1 heterocycles. The van der Waals surface area contributed by atoms with Crippen molar-refractivity contribution in [3.8, 4) is 0 Å². The molecule has 0 aromatic heterocycles. The van der Waals surface area contributed by atoms with Gasteiger partial charge < -0.3 is 16.0 Å². The fraction of sp³-hybridized carbons (Fsp3) is 0.875. The predicted octanol–water partition coefficient (Wildman–Crippen LogP) is -0.304. The lowest BCUT2D eigenvalue weighted by atomic mass is 10.2. The molecule has 0 aromatic rings. The van der Waals surface area contributed by atoms with Crippen LogP contribution >= 0.6 is 0 Å². The summed E-state index contributed by atoms with van der Waals surface area (Å²) in [6, 6.07) is -2.40. The van der Waals surface area contributed by atoms with Crippen molar-refractivity contribution in [2.45, 2.75) is 25.2 Å². The average Bonchev–Trinajstić information content (AvgIpc) is 2.14. The van der Waals surface area contributed by atoms with Crippen molar-refractivity contribution in [3.05, 3.63) is 0 Å². The summed E-state index contributed by atoms with van der Waals surface area (Å²) in [6.07, 6.45) is -4.66. The van der Waals surface area contributed by atoms with Crippen molar-refractivity contribution in [2.24, 2.45) is 5.73 Å². The number of nitrogens with one attached hydrogen (secondary N) is 1. The maximum Gasteiger partial charge on any atom is 0.412 e. The van der Waals surface area contributed by atoms with Crippen LogP contribution in [-0.2, 0) is 4.79 Å². The highest BCUT2D eigenvalue weighted by molar-refractivity contribution is 5.82. The van der Waals surface area contributed by atoms with Crippen molar-refractivity contribution in [1.29, 1.82) is 0 Å². The smallest absolute Gasteiger partial charge is 0.338 e. The molecule has 88 valence electrons. The lowest BCUT2D eigenvalue weighted by molar-refractivity contribution is -0.170. The molecule has 1 rings (SSSR count). The minimum absolute atomic E-state index is 0.00290. The number of nitrogens with zero attached hydrogens (tertiary/aromatic N) is 1. The fourth-order valence-corrected chi connectivity index (χ4v) is 1.47. The third-order valence-electron chi connectivity index (χ3n) is 2.30. The second-order valence-corrected chi connectivity index (χ2v) is 3.66. The number of carbonyl (C=O) groups excluding carboxylic acids is 1. The van der Waals surface area contributed by atoms with Crippen LogP contribution < -0.4 is 11.1 Å². The van der Waals surface area contributed by atoms with Gasteiger partial charge >= 0.3 is 6.18 Å². The van der Waals surface area contributed by atoms with Crippen molar-refractivity contribution >= 4 is 5.91 Å². The van der Waals surface area contributed by atoms with E-state index in [0.29, 0.717) is 6.54 Å². The van der Waals surface area contributed by atoms with Gasteiger partial charge in [0.15, 0.2) is 6.04 Å². The summed E-state index contributed by atoms with van der Waals surface area (Å²) in [7, 11) is 0. The van der Waals surface area contributed by atoms with E-state index in [1.807, 2.05) is 0 Å². The molecule has 4 nitrogen and oxygen atoms in total. The summed E-state index contributed by atoms with van der Waals surface area (Å²) < 4.78 is 36.5. The van der Waals surface area contributed by atoms with Gasteiger partial charge in [0, 0.05) is 25.7 Å². The second-order valence-electron chi connectivity index (χ2n) is 3.66. The van der Waals surface area contributed by atoms with E-state index < -0.39 is 18.1 Å². The Morgan fingerprint density at radius 3 is 2.67 bits per heavy atom. The van der Waals surface area contributed by atoms with Crippen LogP contribution in [0.1, 0.15) is 6.92 Å². The Balaban J connectivity index is 2.60. The highest BCUT2D eigenvalue weighted by Crippen LogP contribution is 2.20. The first-order valence-electron chi connectivity index (χ1n) is 4.67. The van der Waals surface area contributed by atoms with E-state index in [9.17, 15) is 18.0 Å². The number of piperazine rings is 1. The monoisotopic (exact) mass is 225 g/mol. The lowest BCUT2D eigenvalue weighted by Crippen LogP contribution is -2.58. The van der Waals surface area contributed by atoms with Crippen molar-refractivity contribution in [1.82, 2.24) is 10.2 Å². The van der Waals surface area contributed by atoms with Gasteiger partial charge in [-0.15, -0.1) is 0 Å². The molecular formula is C8H14F3N3O. The SMILES string of the molecule is CC1CN(C(=O)C(N)C(F)(F)F)CCN1. The number of hydrogen-bond acceptors (Lipinski definition) is 3. The van der Waals surface area contributed by atoms with Crippen LogP contribution in [0.2, 0.25) is 0 Å². The van der Waals surface area contributed by atoms with Crippen LogP contribution in [0, 0.1) is 0 Å². The summed E-state index contributed by atoms with van der Waals surface area (Å²) in [4.78, 5) is 12.5. The summed E-state index contributed by atoms with van der Waals surface area (Å²) in [5.41, 5.74) is 4.83. The normalized spacial score (nSPS) is 25.1. The van der Waals surface area contributed by atoms with Gasteiger partial charge in [0.2, 0.25) is 5.91 Å². The highest BCUT2D eigenvalue weighted by Gasteiger charge is 2.44.